The number of carbonyl (C=O) groups excluding carboxylic acids is 1. The van der Waals surface area contributed by atoms with Crippen molar-refractivity contribution in [2.45, 2.75) is 19.3 Å². The molecule has 0 aromatic heterocycles. The van der Waals surface area contributed by atoms with Gasteiger partial charge in [-0.25, -0.2) is 4.79 Å². The van der Waals surface area contributed by atoms with E-state index in [1.165, 1.54) is 0 Å². The highest BCUT2D eigenvalue weighted by Crippen LogP contribution is 2.23. The number of allylic oxidation sites excluding steroid dienone is 2. The predicted octanol–water partition coefficient (Wildman–Crippen LogP) is 3.62. The van der Waals surface area contributed by atoms with Gasteiger partial charge in [-0.1, -0.05) is 35.9 Å². The van der Waals surface area contributed by atoms with Crippen LogP contribution in [0.1, 0.15) is 19.3 Å². The lowest BCUT2D eigenvalue weighted by Crippen LogP contribution is -2.20. The molecule has 0 saturated heterocycles. The minimum atomic E-state index is -0.352. The molecule has 0 saturated carbocycles. The van der Waals surface area contributed by atoms with Crippen LogP contribution in [0.3, 0.4) is 0 Å². The molecule has 2 rings (SSSR count). The molecule has 1 aromatic carbocycles. The van der Waals surface area contributed by atoms with Gasteiger partial charge in [0.1, 0.15) is 5.75 Å². The monoisotopic (exact) mass is 280 g/mol. The molecule has 4 heteroatoms. The molecule has 0 aliphatic heterocycles. The Bertz CT molecular complexity index is 456. The van der Waals surface area contributed by atoms with Crippen molar-refractivity contribution in [1.82, 2.24) is 0 Å². The van der Waals surface area contributed by atoms with Crippen molar-refractivity contribution in [3.8, 4) is 5.75 Å². The number of carbonyl (C=O) groups is 1. The lowest BCUT2D eigenvalue weighted by molar-refractivity contribution is -0.147. The second-order valence-corrected chi connectivity index (χ2v) is 4.96. The first-order chi connectivity index (χ1) is 9.25. The van der Waals surface area contributed by atoms with Crippen LogP contribution in [0.2, 0.25) is 5.02 Å². The van der Waals surface area contributed by atoms with Gasteiger partial charge in [-0.2, -0.15) is 0 Å². The first kappa shape index (κ1) is 13.9. The molecule has 0 spiro atoms. The fraction of sp³-hybridized carbons (Fsp3) is 0.400. The van der Waals surface area contributed by atoms with Crippen molar-refractivity contribution in [1.29, 1.82) is 0 Å². The average molecular weight is 281 g/mol. The minimum absolute atomic E-state index is 0.105. The first-order valence-electron chi connectivity index (χ1n) is 6.43. The molecule has 1 aliphatic carbocycles. The number of hydrogen-bond donors (Lipinski definition) is 0. The van der Waals surface area contributed by atoms with E-state index in [0.717, 1.165) is 19.3 Å². The van der Waals surface area contributed by atoms with E-state index in [1.54, 1.807) is 18.2 Å². The van der Waals surface area contributed by atoms with Gasteiger partial charge in [-0.05, 0) is 37.3 Å². The fourth-order valence-electron chi connectivity index (χ4n) is 1.96. The molecule has 19 heavy (non-hydrogen) atoms. The zero-order chi connectivity index (χ0) is 13.5. The maximum atomic E-state index is 11.6. The third-order valence-corrected chi connectivity index (χ3v) is 3.35. The standard InChI is InChI=1S/C15H17ClO3/c16-13-8-4-5-9-14(13)18-11-15(17)19-10-12-6-2-1-3-7-12/h1-2,4-5,8-9,12H,3,6-7,10-11H2. The quantitative estimate of drug-likeness (QED) is 0.610. The highest BCUT2D eigenvalue weighted by molar-refractivity contribution is 6.32. The van der Waals surface area contributed by atoms with E-state index in [1.807, 2.05) is 6.07 Å². The van der Waals surface area contributed by atoms with Gasteiger partial charge in [0.2, 0.25) is 0 Å². The van der Waals surface area contributed by atoms with E-state index in [9.17, 15) is 4.79 Å². The van der Waals surface area contributed by atoms with Crippen molar-refractivity contribution in [2.24, 2.45) is 5.92 Å². The Morgan fingerprint density at radius 3 is 2.89 bits per heavy atom. The number of esters is 1. The number of ether oxygens (including phenoxy) is 2. The molecule has 0 bridgehead atoms. The number of para-hydroxylation sites is 1. The van der Waals surface area contributed by atoms with Crippen LogP contribution in [0, 0.1) is 5.92 Å². The van der Waals surface area contributed by atoms with E-state index in [-0.39, 0.29) is 12.6 Å². The van der Waals surface area contributed by atoms with Crippen LogP contribution >= 0.6 is 11.6 Å². The van der Waals surface area contributed by atoms with Gasteiger partial charge in [-0.3, -0.25) is 0 Å². The topological polar surface area (TPSA) is 35.5 Å². The van der Waals surface area contributed by atoms with Gasteiger partial charge < -0.3 is 9.47 Å². The number of rotatable bonds is 5. The molecule has 0 fully saturated rings. The Kier molecular flexibility index (Phi) is 5.28. The average Bonchev–Trinajstić information content (AvgIpc) is 2.45. The maximum Gasteiger partial charge on any atom is 0.344 e. The van der Waals surface area contributed by atoms with E-state index < -0.39 is 0 Å². The Morgan fingerprint density at radius 1 is 1.32 bits per heavy atom. The molecule has 1 atom stereocenters. The fourth-order valence-corrected chi connectivity index (χ4v) is 2.15. The zero-order valence-electron chi connectivity index (χ0n) is 10.7. The largest absolute Gasteiger partial charge is 0.480 e. The van der Waals surface area contributed by atoms with Gasteiger partial charge in [0, 0.05) is 0 Å². The molecule has 3 nitrogen and oxygen atoms in total. The maximum absolute atomic E-state index is 11.6. The van der Waals surface area contributed by atoms with Gasteiger partial charge in [0.25, 0.3) is 0 Å². The lowest BCUT2D eigenvalue weighted by atomic mass is 9.95. The molecule has 1 unspecified atom stereocenters. The summed E-state index contributed by atoms with van der Waals surface area (Å²) in [7, 11) is 0. The summed E-state index contributed by atoms with van der Waals surface area (Å²) in [5.41, 5.74) is 0. The van der Waals surface area contributed by atoms with Crippen LogP contribution in [0.15, 0.2) is 36.4 Å². The Balaban J connectivity index is 1.70. The minimum Gasteiger partial charge on any atom is -0.480 e. The van der Waals surface area contributed by atoms with Crippen molar-refractivity contribution in [3.63, 3.8) is 0 Å². The summed E-state index contributed by atoms with van der Waals surface area (Å²) in [5.74, 6) is 0.588. The van der Waals surface area contributed by atoms with E-state index in [0.29, 0.717) is 23.3 Å². The smallest absolute Gasteiger partial charge is 0.344 e. The SMILES string of the molecule is O=C(COc1ccccc1Cl)OCC1CC=CCC1. The van der Waals surface area contributed by atoms with Crippen LogP contribution in [-0.2, 0) is 9.53 Å². The lowest BCUT2D eigenvalue weighted by Gasteiger charge is -2.17. The van der Waals surface area contributed by atoms with Crippen LogP contribution in [0.4, 0.5) is 0 Å². The van der Waals surface area contributed by atoms with E-state index in [4.69, 9.17) is 21.1 Å². The second-order valence-electron chi connectivity index (χ2n) is 4.55. The predicted molar refractivity (Wildman–Crippen MR) is 74.4 cm³/mol. The van der Waals surface area contributed by atoms with Crippen molar-refractivity contribution >= 4 is 17.6 Å². The molecule has 0 heterocycles. The first-order valence-corrected chi connectivity index (χ1v) is 6.81. The molecular weight excluding hydrogens is 264 g/mol. The number of halogens is 1. The Morgan fingerprint density at radius 2 is 2.16 bits per heavy atom. The summed E-state index contributed by atoms with van der Waals surface area (Å²) >= 11 is 5.92. The third-order valence-electron chi connectivity index (χ3n) is 3.04. The van der Waals surface area contributed by atoms with Crippen LogP contribution in [0.25, 0.3) is 0 Å². The van der Waals surface area contributed by atoms with Crippen molar-refractivity contribution in [2.75, 3.05) is 13.2 Å². The van der Waals surface area contributed by atoms with Gasteiger partial charge in [0.05, 0.1) is 11.6 Å². The summed E-state index contributed by atoms with van der Waals surface area (Å²) in [6.07, 6.45) is 7.44. The summed E-state index contributed by atoms with van der Waals surface area (Å²) < 4.78 is 10.5. The van der Waals surface area contributed by atoms with E-state index in [2.05, 4.69) is 12.2 Å². The van der Waals surface area contributed by atoms with E-state index >= 15 is 0 Å². The van der Waals surface area contributed by atoms with Gasteiger partial charge in [0.15, 0.2) is 6.61 Å². The normalized spacial score (nSPS) is 18.1. The molecule has 0 radical (unpaired) electrons. The van der Waals surface area contributed by atoms with Crippen molar-refractivity contribution in [3.05, 3.63) is 41.4 Å². The van der Waals surface area contributed by atoms with Crippen LogP contribution < -0.4 is 4.74 Å². The summed E-state index contributed by atoms with van der Waals surface area (Å²) in [4.78, 5) is 11.6. The molecule has 0 amide bonds. The summed E-state index contributed by atoms with van der Waals surface area (Å²) in [5, 5.41) is 0.493. The number of benzene rings is 1. The van der Waals surface area contributed by atoms with Gasteiger partial charge in [-0.15, -0.1) is 0 Å². The Hall–Kier alpha value is -1.48. The summed E-state index contributed by atoms with van der Waals surface area (Å²) in [6.45, 7) is 0.362. The molecule has 1 aliphatic rings. The van der Waals surface area contributed by atoms with Gasteiger partial charge >= 0.3 is 5.97 Å². The van der Waals surface area contributed by atoms with Crippen LogP contribution in [-0.4, -0.2) is 19.2 Å². The molecule has 102 valence electrons. The van der Waals surface area contributed by atoms with Crippen LogP contribution in [0.5, 0.6) is 5.75 Å². The Labute approximate surface area is 118 Å². The highest BCUT2D eigenvalue weighted by atomic mass is 35.5. The zero-order valence-corrected chi connectivity index (χ0v) is 11.4. The van der Waals surface area contributed by atoms with Crippen molar-refractivity contribution < 1.29 is 14.3 Å². The summed E-state index contributed by atoms with van der Waals surface area (Å²) in [6, 6.07) is 7.06. The molecular formula is C15H17ClO3. The molecule has 1 aromatic rings. The second kappa shape index (κ2) is 7.19. The number of hydrogen-bond acceptors (Lipinski definition) is 3. The molecule has 0 N–H and O–H groups in total. The highest BCUT2D eigenvalue weighted by Gasteiger charge is 2.13. The third kappa shape index (κ3) is 4.60.